The molecule has 0 spiro atoms. The highest BCUT2D eigenvalue weighted by atomic mass is 16.5. The van der Waals surface area contributed by atoms with Crippen LogP contribution in [0.1, 0.15) is 43.5 Å². The molecule has 1 heterocycles. The fourth-order valence-corrected chi connectivity index (χ4v) is 2.97. The van der Waals surface area contributed by atoms with Crippen LogP contribution < -0.4 is 10.1 Å². The Bertz CT molecular complexity index is 617. The number of ether oxygens (including phenoxy) is 1. The maximum absolute atomic E-state index is 5.61. The highest BCUT2D eigenvalue weighted by Crippen LogP contribution is 2.48. The molecule has 1 N–H and O–H groups in total. The molecule has 3 rings (SSSR count). The van der Waals surface area contributed by atoms with Crippen molar-refractivity contribution in [1.82, 2.24) is 15.5 Å². The van der Waals surface area contributed by atoms with Gasteiger partial charge in [-0.3, -0.25) is 0 Å². The Morgan fingerprint density at radius 1 is 1.32 bits per heavy atom. The van der Waals surface area contributed by atoms with Crippen molar-refractivity contribution >= 4 is 0 Å². The number of rotatable bonds is 6. The van der Waals surface area contributed by atoms with Gasteiger partial charge in [-0.1, -0.05) is 23.7 Å². The lowest BCUT2D eigenvalue weighted by atomic mass is 9.64. The Hall–Kier alpha value is -1.88. The van der Waals surface area contributed by atoms with Crippen molar-refractivity contribution in [3.63, 3.8) is 0 Å². The molecule has 0 saturated heterocycles. The number of hydrogen-bond acceptors (Lipinski definition) is 5. The third-order valence-electron chi connectivity index (χ3n) is 4.71. The first kappa shape index (κ1) is 15.0. The Kier molecular flexibility index (Phi) is 4.16. The monoisotopic (exact) mass is 301 g/mol. The second-order valence-electron chi connectivity index (χ2n) is 6.07. The van der Waals surface area contributed by atoms with E-state index in [9.17, 15) is 0 Å². The van der Waals surface area contributed by atoms with Crippen LogP contribution in [0.15, 0.2) is 28.8 Å². The minimum absolute atomic E-state index is 0.111. The standard InChI is InChI=1S/C17H23N3O2/c1-12(18-2)11-15-19-16(22-20-15)17(9-4-10-17)13-5-7-14(21-3)8-6-13/h5-8,12,18H,4,9-11H2,1-3H3. The molecule has 1 fully saturated rings. The maximum Gasteiger partial charge on any atom is 0.237 e. The molecular formula is C17H23N3O2. The zero-order valence-electron chi connectivity index (χ0n) is 13.4. The van der Waals surface area contributed by atoms with Crippen molar-refractivity contribution in [2.75, 3.05) is 14.2 Å². The fourth-order valence-electron chi connectivity index (χ4n) is 2.97. The lowest BCUT2D eigenvalue weighted by Crippen LogP contribution is -2.35. The number of benzene rings is 1. The summed E-state index contributed by atoms with van der Waals surface area (Å²) >= 11 is 0. The minimum Gasteiger partial charge on any atom is -0.497 e. The fraction of sp³-hybridized carbons (Fsp3) is 0.529. The molecule has 1 unspecified atom stereocenters. The van der Waals surface area contributed by atoms with Crippen molar-refractivity contribution < 1.29 is 9.26 Å². The van der Waals surface area contributed by atoms with E-state index in [0.29, 0.717) is 6.04 Å². The van der Waals surface area contributed by atoms with Gasteiger partial charge in [-0.15, -0.1) is 0 Å². The average Bonchev–Trinajstić information content (AvgIpc) is 2.95. The summed E-state index contributed by atoms with van der Waals surface area (Å²) in [6.07, 6.45) is 4.08. The Labute approximate surface area is 131 Å². The summed E-state index contributed by atoms with van der Waals surface area (Å²) in [5, 5.41) is 7.36. The molecule has 118 valence electrons. The van der Waals surface area contributed by atoms with E-state index in [-0.39, 0.29) is 5.41 Å². The second kappa shape index (κ2) is 6.08. The van der Waals surface area contributed by atoms with Gasteiger partial charge in [0, 0.05) is 12.5 Å². The number of hydrogen-bond donors (Lipinski definition) is 1. The summed E-state index contributed by atoms with van der Waals surface area (Å²) in [4.78, 5) is 4.66. The van der Waals surface area contributed by atoms with Crippen molar-refractivity contribution in [2.45, 2.75) is 44.1 Å². The van der Waals surface area contributed by atoms with E-state index in [1.54, 1.807) is 7.11 Å². The number of likely N-dealkylation sites (N-methyl/N-ethyl adjacent to an activating group) is 1. The summed E-state index contributed by atoms with van der Waals surface area (Å²) in [5.74, 6) is 2.39. The van der Waals surface area contributed by atoms with Gasteiger partial charge in [0.05, 0.1) is 12.5 Å². The number of nitrogens with one attached hydrogen (secondary N) is 1. The van der Waals surface area contributed by atoms with E-state index in [2.05, 4.69) is 34.5 Å². The lowest BCUT2D eigenvalue weighted by molar-refractivity contribution is 0.216. The van der Waals surface area contributed by atoms with Crippen LogP contribution in [0.25, 0.3) is 0 Å². The first-order valence-electron chi connectivity index (χ1n) is 7.83. The van der Waals surface area contributed by atoms with Crippen LogP contribution in [0.5, 0.6) is 5.75 Å². The number of nitrogens with zero attached hydrogens (tertiary/aromatic N) is 2. The van der Waals surface area contributed by atoms with Gasteiger partial charge >= 0.3 is 0 Å². The van der Waals surface area contributed by atoms with Crippen molar-refractivity contribution in [2.24, 2.45) is 0 Å². The van der Waals surface area contributed by atoms with Crippen LogP contribution in [0.3, 0.4) is 0 Å². The van der Waals surface area contributed by atoms with Crippen LogP contribution in [-0.4, -0.2) is 30.3 Å². The summed E-state index contributed by atoms with van der Waals surface area (Å²) < 4.78 is 10.8. The first-order valence-corrected chi connectivity index (χ1v) is 7.83. The quantitative estimate of drug-likeness (QED) is 0.889. The van der Waals surface area contributed by atoms with E-state index in [0.717, 1.165) is 36.7 Å². The molecule has 1 aromatic carbocycles. The zero-order chi connectivity index (χ0) is 15.6. The highest BCUT2D eigenvalue weighted by molar-refractivity contribution is 5.38. The van der Waals surface area contributed by atoms with E-state index >= 15 is 0 Å². The molecule has 5 nitrogen and oxygen atoms in total. The van der Waals surface area contributed by atoms with Crippen LogP contribution in [-0.2, 0) is 11.8 Å². The van der Waals surface area contributed by atoms with Gasteiger partial charge in [-0.05, 0) is 44.5 Å². The topological polar surface area (TPSA) is 60.2 Å². The van der Waals surface area contributed by atoms with Crippen LogP contribution in [0.2, 0.25) is 0 Å². The molecule has 22 heavy (non-hydrogen) atoms. The Balaban J connectivity index is 1.86. The van der Waals surface area contributed by atoms with Gasteiger partial charge in [-0.2, -0.15) is 4.98 Å². The summed E-state index contributed by atoms with van der Waals surface area (Å²) in [7, 11) is 3.62. The summed E-state index contributed by atoms with van der Waals surface area (Å²) in [6.45, 7) is 2.11. The van der Waals surface area contributed by atoms with Crippen molar-refractivity contribution in [3.8, 4) is 5.75 Å². The van der Waals surface area contributed by atoms with E-state index in [1.165, 1.54) is 12.0 Å². The van der Waals surface area contributed by atoms with Crippen LogP contribution >= 0.6 is 0 Å². The summed E-state index contributed by atoms with van der Waals surface area (Å²) in [6, 6.07) is 8.55. The highest BCUT2D eigenvalue weighted by Gasteiger charge is 2.45. The van der Waals surface area contributed by atoms with E-state index in [4.69, 9.17) is 9.26 Å². The SMILES string of the molecule is CNC(C)Cc1noc(C2(c3ccc(OC)cc3)CCC2)n1. The maximum atomic E-state index is 5.61. The molecule has 1 atom stereocenters. The van der Waals surface area contributed by atoms with Gasteiger partial charge < -0.3 is 14.6 Å². The molecule has 1 aliphatic carbocycles. The van der Waals surface area contributed by atoms with Crippen molar-refractivity contribution in [3.05, 3.63) is 41.5 Å². The first-order chi connectivity index (χ1) is 10.7. The molecule has 1 aromatic heterocycles. The van der Waals surface area contributed by atoms with Gasteiger partial charge in [0.2, 0.25) is 5.89 Å². The average molecular weight is 301 g/mol. The molecule has 1 aliphatic rings. The Morgan fingerprint density at radius 3 is 2.59 bits per heavy atom. The van der Waals surface area contributed by atoms with Gasteiger partial charge in [0.25, 0.3) is 0 Å². The minimum atomic E-state index is -0.111. The zero-order valence-corrected chi connectivity index (χ0v) is 13.4. The Morgan fingerprint density at radius 2 is 2.05 bits per heavy atom. The second-order valence-corrected chi connectivity index (χ2v) is 6.07. The van der Waals surface area contributed by atoms with Gasteiger partial charge in [0.1, 0.15) is 5.75 Å². The molecular weight excluding hydrogens is 278 g/mol. The van der Waals surface area contributed by atoms with Gasteiger partial charge in [0.15, 0.2) is 5.82 Å². The molecule has 0 aliphatic heterocycles. The summed E-state index contributed by atoms with van der Waals surface area (Å²) in [5.41, 5.74) is 1.12. The molecule has 0 amide bonds. The third-order valence-corrected chi connectivity index (χ3v) is 4.71. The molecule has 2 aromatic rings. The molecule has 5 heteroatoms. The lowest BCUT2D eigenvalue weighted by Gasteiger charge is -2.38. The van der Waals surface area contributed by atoms with Gasteiger partial charge in [-0.25, -0.2) is 0 Å². The molecule has 1 saturated carbocycles. The molecule has 0 radical (unpaired) electrons. The number of aromatic nitrogens is 2. The predicted octanol–water partition coefficient (Wildman–Crippen LogP) is 2.70. The van der Waals surface area contributed by atoms with Crippen LogP contribution in [0.4, 0.5) is 0 Å². The normalized spacial score (nSPS) is 17.8. The molecule has 0 bridgehead atoms. The third kappa shape index (κ3) is 2.61. The van der Waals surface area contributed by atoms with Crippen LogP contribution in [0, 0.1) is 0 Å². The van der Waals surface area contributed by atoms with Crippen molar-refractivity contribution in [1.29, 1.82) is 0 Å². The van der Waals surface area contributed by atoms with E-state index < -0.39 is 0 Å². The largest absolute Gasteiger partial charge is 0.497 e. The van der Waals surface area contributed by atoms with E-state index in [1.807, 2.05) is 19.2 Å². The predicted molar refractivity (Wildman–Crippen MR) is 84.1 cm³/mol. The number of methoxy groups -OCH3 is 1. The smallest absolute Gasteiger partial charge is 0.237 e.